The van der Waals surface area contributed by atoms with E-state index in [1.165, 1.54) is 0 Å². The lowest BCUT2D eigenvalue weighted by Gasteiger charge is -2.09. The van der Waals surface area contributed by atoms with E-state index in [4.69, 9.17) is 4.74 Å². The van der Waals surface area contributed by atoms with Crippen LogP contribution in [0.1, 0.15) is 16.1 Å². The predicted octanol–water partition coefficient (Wildman–Crippen LogP) is 3.98. The lowest BCUT2D eigenvalue weighted by atomic mass is 10.1. The van der Waals surface area contributed by atoms with Crippen LogP contribution < -0.4 is 5.32 Å². The fourth-order valence-electron chi connectivity index (χ4n) is 3.16. The lowest BCUT2D eigenvalue weighted by molar-refractivity contribution is -0.119. The Labute approximate surface area is 179 Å². The van der Waals surface area contributed by atoms with Gasteiger partial charge in [0.25, 0.3) is 5.91 Å². The Morgan fingerprint density at radius 1 is 1.00 bits per heavy atom. The van der Waals surface area contributed by atoms with Gasteiger partial charge in [0.1, 0.15) is 11.5 Å². The number of para-hydroxylation sites is 1. The van der Waals surface area contributed by atoms with Gasteiger partial charge in [-0.05, 0) is 31.2 Å². The van der Waals surface area contributed by atoms with Gasteiger partial charge in [-0.2, -0.15) is 5.10 Å². The van der Waals surface area contributed by atoms with Crippen LogP contribution in [-0.2, 0) is 16.6 Å². The molecule has 4 rings (SSSR count). The van der Waals surface area contributed by atoms with Gasteiger partial charge in [-0.25, -0.2) is 9.48 Å². The second kappa shape index (κ2) is 8.71. The molecule has 0 atom stereocenters. The highest BCUT2D eigenvalue weighted by atomic mass is 16.5. The van der Waals surface area contributed by atoms with Crippen molar-refractivity contribution in [3.8, 4) is 16.9 Å². The molecule has 31 heavy (non-hydrogen) atoms. The first-order chi connectivity index (χ1) is 15.0. The Morgan fingerprint density at radius 3 is 2.42 bits per heavy atom. The maximum atomic E-state index is 12.5. The molecule has 0 spiro atoms. The minimum atomic E-state index is -0.556. The van der Waals surface area contributed by atoms with E-state index in [1.807, 2.05) is 61.5 Å². The molecule has 4 aromatic rings. The number of ether oxygens (including phenoxy) is 1. The van der Waals surface area contributed by atoms with Gasteiger partial charge in [0.2, 0.25) is 0 Å². The van der Waals surface area contributed by atoms with E-state index in [-0.39, 0.29) is 0 Å². The van der Waals surface area contributed by atoms with Gasteiger partial charge in [0, 0.05) is 24.9 Å². The van der Waals surface area contributed by atoms with Crippen molar-refractivity contribution in [2.45, 2.75) is 6.92 Å². The number of nitrogens with one attached hydrogen (secondary N) is 1. The number of hydrogen-bond donors (Lipinski definition) is 1. The smallest absolute Gasteiger partial charge is 0.355 e. The van der Waals surface area contributed by atoms with Gasteiger partial charge in [-0.15, -0.1) is 0 Å². The molecule has 0 bridgehead atoms. The van der Waals surface area contributed by atoms with Gasteiger partial charge in [0.15, 0.2) is 6.61 Å². The van der Waals surface area contributed by atoms with Crippen molar-refractivity contribution in [2.75, 3.05) is 11.9 Å². The SMILES string of the molecule is Cc1ccc(-c2cc(NC(=O)COC(=O)c3cccn3C)n(-c3ccccc3)n2)cc1. The minimum absolute atomic E-state index is 0.379. The van der Waals surface area contributed by atoms with E-state index in [1.54, 1.807) is 40.7 Å². The van der Waals surface area contributed by atoms with Gasteiger partial charge >= 0.3 is 5.97 Å². The van der Waals surface area contributed by atoms with Crippen LogP contribution in [0.25, 0.3) is 16.9 Å². The first-order valence-electron chi connectivity index (χ1n) is 9.82. The first-order valence-corrected chi connectivity index (χ1v) is 9.82. The van der Waals surface area contributed by atoms with E-state index in [2.05, 4.69) is 10.4 Å². The molecule has 0 saturated heterocycles. The summed E-state index contributed by atoms with van der Waals surface area (Å²) in [5, 5.41) is 7.48. The molecule has 7 nitrogen and oxygen atoms in total. The molecule has 0 aliphatic heterocycles. The van der Waals surface area contributed by atoms with Crippen molar-refractivity contribution in [2.24, 2.45) is 7.05 Å². The molecule has 0 fully saturated rings. The molecule has 1 amide bonds. The summed E-state index contributed by atoms with van der Waals surface area (Å²) in [6.45, 7) is 1.62. The number of amides is 1. The minimum Gasteiger partial charge on any atom is -0.451 e. The summed E-state index contributed by atoms with van der Waals surface area (Å²) in [7, 11) is 1.74. The highest BCUT2D eigenvalue weighted by Crippen LogP contribution is 2.25. The highest BCUT2D eigenvalue weighted by molar-refractivity contribution is 5.95. The van der Waals surface area contributed by atoms with Crippen molar-refractivity contribution in [1.82, 2.24) is 14.3 Å². The largest absolute Gasteiger partial charge is 0.451 e. The number of nitrogens with zero attached hydrogens (tertiary/aromatic N) is 3. The summed E-state index contributed by atoms with van der Waals surface area (Å²) >= 11 is 0. The van der Waals surface area contributed by atoms with Crippen molar-refractivity contribution < 1.29 is 14.3 Å². The molecule has 2 aromatic heterocycles. The molecular formula is C24H22N4O3. The van der Waals surface area contributed by atoms with Gasteiger partial charge in [-0.3, -0.25) is 4.79 Å². The Morgan fingerprint density at radius 2 is 1.74 bits per heavy atom. The van der Waals surface area contributed by atoms with E-state index in [0.717, 1.165) is 22.5 Å². The normalized spacial score (nSPS) is 10.6. The Hall–Kier alpha value is -4.13. The average Bonchev–Trinajstić information content (AvgIpc) is 3.39. The molecule has 2 aromatic carbocycles. The number of carbonyl (C=O) groups is 2. The van der Waals surface area contributed by atoms with Crippen LogP contribution in [-0.4, -0.2) is 32.8 Å². The van der Waals surface area contributed by atoms with Crippen LogP contribution in [0.5, 0.6) is 0 Å². The van der Waals surface area contributed by atoms with E-state index in [9.17, 15) is 9.59 Å². The summed E-state index contributed by atoms with van der Waals surface area (Å²) < 4.78 is 8.45. The van der Waals surface area contributed by atoms with Crippen LogP contribution in [0.15, 0.2) is 79.0 Å². The summed E-state index contributed by atoms with van der Waals surface area (Å²) in [6.07, 6.45) is 1.74. The Balaban J connectivity index is 1.54. The molecule has 7 heteroatoms. The number of esters is 1. The standard InChI is InChI=1S/C24H22N4O3/c1-17-10-12-18(13-11-17)20-15-22(28(26-20)19-7-4-3-5-8-19)25-23(29)16-31-24(30)21-9-6-14-27(21)2/h3-15H,16H2,1-2H3,(H,25,29). The number of aryl methyl sites for hydroxylation is 2. The average molecular weight is 414 g/mol. The monoisotopic (exact) mass is 414 g/mol. The molecule has 1 N–H and O–H groups in total. The number of aromatic nitrogens is 3. The Bertz CT molecular complexity index is 1210. The second-order valence-corrected chi connectivity index (χ2v) is 7.16. The van der Waals surface area contributed by atoms with Crippen LogP contribution >= 0.6 is 0 Å². The zero-order valence-corrected chi connectivity index (χ0v) is 17.3. The molecule has 0 saturated carbocycles. The first kappa shape index (κ1) is 20.2. The molecule has 0 unspecified atom stereocenters. The number of carbonyl (C=O) groups excluding carboxylic acids is 2. The van der Waals surface area contributed by atoms with E-state index in [0.29, 0.717) is 11.5 Å². The van der Waals surface area contributed by atoms with Crippen LogP contribution in [0.2, 0.25) is 0 Å². The number of rotatable bonds is 6. The van der Waals surface area contributed by atoms with Crippen LogP contribution in [0.3, 0.4) is 0 Å². The zero-order chi connectivity index (χ0) is 21.8. The van der Waals surface area contributed by atoms with Crippen molar-refractivity contribution in [1.29, 1.82) is 0 Å². The predicted molar refractivity (Wildman–Crippen MR) is 118 cm³/mol. The summed E-state index contributed by atoms with van der Waals surface area (Å²) in [6, 6.07) is 22.7. The second-order valence-electron chi connectivity index (χ2n) is 7.16. The third-order valence-electron chi connectivity index (χ3n) is 4.81. The molecule has 0 aliphatic rings. The molecule has 0 aliphatic carbocycles. The third kappa shape index (κ3) is 4.56. The zero-order valence-electron chi connectivity index (χ0n) is 17.3. The van der Waals surface area contributed by atoms with Crippen molar-refractivity contribution >= 4 is 17.7 Å². The molecular weight excluding hydrogens is 392 g/mol. The number of benzene rings is 2. The molecule has 0 radical (unpaired) electrons. The fourth-order valence-corrected chi connectivity index (χ4v) is 3.16. The van der Waals surface area contributed by atoms with Gasteiger partial charge in [-0.1, -0.05) is 48.0 Å². The van der Waals surface area contributed by atoms with Crippen LogP contribution in [0, 0.1) is 6.92 Å². The van der Waals surface area contributed by atoms with Crippen molar-refractivity contribution in [3.05, 3.63) is 90.3 Å². The van der Waals surface area contributed by atoms with Gasteiger partial charge < -0.3 is 14.6 Å². The maximum Gasteiger partial charge on any atom is 0.355 e. The van der Waals surface area contributed by atoms with E-state index >= 15 is 0 Å². The number of anilines is 1. The maximum absolute atomic E-state index is 12.5. The van der Waals surface area contributed by atoms with Gasteiger partial charge in [0.05, 0.1) is 11.4 Å². The number of hydrogen-bond acceptors (Lipinski definition) is 4. The molecule has 156 valence electrons. The van der Waals surface area contributed by atoms with Crippen LogP contribution in [0.4, 0.5) is 5.82 Å². The summed E-state index contributed by atoms with van der Waals surface area (Å²) in [5.41, 5.74) is 3.99. The summed E-state index contributed by atoms with van der Waals surface area (Å²) in [5.74, 6) is -0.517. The third-order valence-corrected chi connectivity index (χ3v) is 4.81. The highest BCUT2D eigenvalue weighted by Gasteiger charge is 2.16. The van der Waals surface area contributed by atoms with Crippen molar-refractivity contribution in [3.63, 3.8) is 0 Å². The molecule has 2 heterocycles. The topological polar surface area (TPSA) is 78.1 Å². The lowest BCUT2D eigenvalue weighted by Crippen LogP contribution is -2.23. The van der Waals surface area contributed by atoms with E-state index < -0.39 is 18.5 Å². The summed E-state index contributed by atoms with van der Waals surface area (Å²) in [4.78, 5) is 24.7. The quantitative estimate of drug-likeness (QED) is 0.484. The Kier molecular flexibility index (Phi) is 5.66. The fraction of sp³-hybridized carbons (Fsp3) is 0.125.